The Bertz CT molecular complexity index is 706. The first-order valence-corrected chi connectivity index (χ1v) is 7.56. The number of hydrogen-bond donors (Lipinski definition) is 2. The molecule has 6 nitrogen and oxygen atoms in total. The predicted molar refractivity (Wildman–Crippen MR) is 87.5 cm³/mol. The summed E-state index contributed by atoms with van der Waals surface area (Å²) < 4.78 is 7.07. The Kier molecular flexibility index (Phi) is 5.26. The van der Waals surface area contributed by atoms with Gasteiger partial charge in [0.25, 0.3) is 0 Å². The van der Waals surface area contributed by atoms with Crippen molar-refractivity contribution in [3.8, 4) is 5.75 Å². The van der Waals surface area contributed by atoms with Gasteiger partial charge in [-0.1, -0.05) is 19.9 Å². The number of nitrogens with zero attached hydrogens (tertiary/aromatic N) is 1. The number of rotatable bonds is 7. The zero-order chi connectivity index (χ0) is 17.0. The summed E-state index contributed by atoms with van der Waals surface area (Å²) in [6.07, 6.45) is 2.20. The van der Waals surface area contributed by atoms with E-state index in [0.717, 1.165) is 16.7 Å². The Morgan fingerprint density at radius 3 is 2.65 bits per heavy atom. The summed E-state index contributed by atoms with van der Waals surface area (Å²) in [6, 6.07) is 6.63. The number of carbonyl (C=O) groups excluding carboxylic acids is 1. The number of aliphatic carboxylic acids is 1. The highest BCUT2D eigenvalue weighted by Gasteiger charge is 2.21. The van der Waals surface area contributed by atoms with Crippen LogP contribution in [-0.4, -0.2) is 34.7 Å². The highest BCUT2D eigenvalue weighted by Crippen LogP contribution is 2.26. The Balaban J connectivity index is 2.12. The molecule has 23 heavy (non-hydrogen) atoms. The number of hydrogen-bond acceptors (Lipinski definition) is 3. The molecule has 2 rings (SSSR count). The fourth-order valence-corrected chi connectivity index (χ4v) is 2.60. The standard InChI is InChI=1S/C17H22N2O4/c1-11(2)9-13(17(21)22)18-16(20)10-19-8-7-12-14(19)5-4-6-15(12)23-3/h4-8,11,13H,9-10H2,1-3H3,(H,18,20)(H,21,22)/t13-/m0/s1. The normalized spacial score (nSPS) is 12.3. The van der Waals surface area contributed by atoms with Crippen LogP contribution in [0.15, 0.2) is 30.5 Å². The molecule has 0 aliphatic rings. The van der Waals surface area contributed by atoms with E-state index in [1.165, 1.54) is 0 Å². The van der Waals surface area contributed by atoms with E-state index in [9.17, 15) is 14.7 Å². The number of fused-ring (bicyclic) bond motifs is 1. The van der Waals surface area contributed by atoms with E-state index >= 15 is 0 Å². The molecule has 0 bridgehead atoms. The second-order valence-corrected chi connectivity index (χ2v) is 5.92. The van der Waals surface area contributed by atoms with Crippen LogP contribution < -0.4 is 10.1 Å². The lowest BCUT2D eigenvalue weighted by Crippen LogP contribution is -2.43. The van der Waals surface area contributed by atoms with Gasteiger partial charge in [0.1, 0.15) is 18.3 Å². The van der Waals surface area contributed by atoms with Crippen LogP contribution in [0.4, 0.5) is 0 Å². The highest BCUT2D eigenvalue weighted by molar-refractivity contribution is 5.89. The summed E-state index contributed by atoms with van der Waals surface area (Å²) in [6.45, 7) is 3.92. The predicted octanol–water partition coefficient (Wildman–Crippen LogP) is 2.27. The molecule has 1 amide bonds. The molecular weight excluding hydrogens is 296 g/mol. The fourth-order valence-electron chi connectivity index (χ4n) is 2.60. The van der Waals surface area contributed by atoms with Crippen LogP contribution in [-0.2, 0) is 16.1 Å². The van der Waals surface area contributed by atoms with Crippen LogP contribution in [0.1, 0.15) is 20.3 Å². The SMILES string of the molecule is COc1cccc2c1ccn2CC(=O)N[C@@H](CC(C)C)C(=O)O. The Hall–Kier alpha value is -2.50. The van der Waals surface area contributed by atoms with Gasteiger partial charge in [-0.25, -0.2) is 4.79 Å². The third-order valence-corrected chi connectivity index (χ3v) is 3.65. The molecule has 0 fully saturated rings. The molecule has 1 aromatic heterocycles. The molecule has 6 heteroatoms. The number of carboxylic acids is 1. The quantitative estimate of drug-likeness (QED) is 0.820. The van der Waals surface area contributed by atoms with Crippen molar-refractivity contribution >= 4 is 22.8 Å². The first-order chi connectivity index (χ1) is 10.9. The fraction of sp³-hybridized carbons (Fsp3) is 0.412. The molecular formula is C17H22N2O4. The van der Waals surface area contributed by atoms with Gasteiger partial charge >= 0.3 is 5.97 Å². The van der Waals surface area contributed by atoms with Crippen LogP contribution in [0, 0.1) is 5.92 Å². The minimum absolute atomic E-state index is 0.0680. The van der Waals surface area contributed by atoms with Crippen LogP contribution in [0.5, 0.6) is 5.75 Å². The van der Waals surface area contributed by atoms with E-state index in [2.05, 4.69) is 5.32 Å². The van der Waals surface area contributed by atoms with E-state index in [4.69, 9.17) is 4.74 Å². The van der Waals surface area contributed by atoms with Crippen LogP contribution in [0.2, 0.25) is 0 Å². The maximum atomic E-state index is 12.2. The van der Waals surface area contributed by atoms with Crippen LogP contribution in [0.3, 0.4) is 0 Å². The van der Waals surface area contributed by atoms with Gasteiger partial charge in [0.2, 0.25) is 5.91 Å². The lowest BCUT2D eigenvalue weighted by Gasteiger charge is -2.17. The van der Waals surface area contributed by atoms with Crippen molar-refractivity contribution in [1.82, 2.24) is 9.88 Å². The Morgan fingerprint density at radius 2 is 2.04 bits per heavy atom. The summed E-state index contributed by atoms with van der Waals surface area (Å²) in [5.41, 5.74) is 0.871. The monoisotopic (exact) mass is 318 g/mol. The zero-order valence-electron chi connectivity index (χ0n) is 13.6. The smallest absolute Gasteiger partial charge is 0.326 e. The number of carbonyl (C=O) groups is 2. The molecule has 0 spiro atoms. The second kappa shape index (κ2) is 7.17. The molecule has 0 radical (unpaired) electrons. The first kappa shape index (κ1) is 16.9. The highest BCUT2D eigenvalue weighted by atomic mass is 16.5. The molecule has 2 aromatic rings. The summed E-state index contributed by atoms with van der Waals surface area (Å²) in [5, 5.41) is 12.7. The van der Waals surface area contributed by atoms with Gasteiger partial charge in [0.15, 0.2) is 0 Å². The molecule has 1 aromatic carbocycles. The second-order valence-electron chi connectivity index (χ2n) is 5.92. The molecule has 1 heterocycles. The Morgan fingerprint density at radius 1 is 1.30 bits per heavy atom. The largest absolute Gasteiger partial charge is 0.496 e. The minimum atomic E-state index is -1.01. The molecule has 0 aliphatic heterocycles. The molecule has 0 saturated heterocycles. The van der Waals surface area contributed by atoms with E-state index in [1.54, 1.807) is 17.9 Å². The van der Waals surface area contributed by atoms with Gasteiger partial charge < -0.3 is 19.7 Å². The number of aromatic nitrogens is 1. The van der Waals surface area contributed by atoms with Crippen LogP contribution in [0.25, 0.3) is 10.9 Å². The third kappa shape index (κ3) is 4.03. The molecule has 124 valence electrons. The van der Waals surface area contributed by atoms with Gasteiger partial charge in [-0.05, 0) is 30.5 Å². The maximum absolute atomic E-state index is 12.2. The average molecular weight is 318 g/mol. The zero-order valence-corrected chi connectivity index (χ0v) is 13.6. The average Bonchev–Trinajstić information content (AvgIpc) is 2.89. The summed E-state index contributed by atoms with van der Waals surface area (Å²) >= 11 is 0. The number of carboxylic acid groups (broad SMARTS) is 1. The van der Waals surface area contributed by atoms with Crippen molar-refractivity contribution in [2.75, 3.05) is 7.11 Å². The topological polar surface area (TPSA) is 80.6 Å². The third-order valence-electron chi connectivity index (χ3n) is 3.65. The van der Waals surface area contributed by atoms with Gasteiger partial charge in [0.05, 0.1) is 12.6 Å². The van der Waals surface area contributed by atoms with E-state index in [1.807, 2.05) is 38.1 Å². The summed E-state index contributed by atoms with van der Waals surface area (Å²) in [5.74, 6) is -0.401. The van der Waals surface area contributed by atoms with E-state index in [0.29, 0.717) is 6.42 Å². The summed E-state index contributed by atoms with van der Waals surface area (Å²) in [4.78, 5) is 23.4. The molecule has 0 saturated carbocycles. The number of nitrogens with one attached hydrogen (secondary N) is 1. The molecule has 2 N–H and O–H groups in total. The first-order valence-electron chi connectivity index (χ1n) is 7.56. The maximum Gasteiger partial charge on any atom is 0.326 e. The summed E-state index contributed by atoms with van der Waals surface area (Å²) in [7, 11) is 1.60. The van der Waals surface area contributed by atoms with Crippen molar-refractivity contribution in [2.24, 2.45) is 5.92 Å². The molecule has 0 unspecified atom stereocenters. The van der Waals surface area contributed by atoms with Gasteiger partial charge in [0, 0.05) is 11.6 Å². The van der Waals surface area contributed by atoms with Gasteiger partial charge in [-0.15, -0.1) is 0 Å². The number of ether oxygens (including phenoxy) is 1. The number of benzene rings is 1. The van der Waals surface area contributed by atoms with Gasteiger partial charge in [-0.2, -0.15) is 0 Å². The van der Waals surface area contributed by atoms with Crippen LogP contribution >= 0.6 is 0 Å². The number of amides is 1. The van der Waals surface area contributed by atoms with Crippen molar-refractivity contribution in [1.29, 1.82) is 0 Å². The Labute approximate surface area is 135 Å². The van der Waals surface area contributed by atoms with Gasteiger partial charge in [-0.3, -0.25) is 4.79 Å². The lowest BCUT2D eigenvalue weighted by atomic mass is 10.0. The van der Waals surface area contributed by atoms with Crippen molar-refractivity contribution in [2.45, 2.75) is 32.9 Å². The van der Waals surface area contributed by atoms with E-state index < -0.39 is 12.0 Å². The van der Waals surface area contributed by atoms with Crippen molar-refractivity contribution in [3.05, 3.63) is 30.5 Å². The van der Waals surface area contributed by atoms with E-state index in [-0.39, 0.29) is 18.4 Å². The minimum Gasteiger partial charge on any atom is -0.496 e. The molecule has 1 atom stereocenters. The number of methoxy groups -OCH3 is 1. The molecule has 0 aliphatic carbocycles. The van der Waals surface area contributed by atoms with Crippen molar-refractivity contribution in [3.63, 3.8) is 0 Å². The lowest BCUT2D eigenvalue weighted by molar-refractivity contribution is -0.142. The van der Waals surface area contributed by atoms with Crippen molar-refractivity contribution < 1.29 is 19.4 Å².